The predicted octanol–water partition coefficient (Wildman–Crippen LogP) is 3.14. The lowest BCUT2D eigenvalue weighted by atomic mass is 10.1. The van der Waals surface area contributed by atoms with E-state index in [0.29, 0.717) is 5.69 Å². The highest BCUT2D eigenvalue weighted by molar-refractivity contribution is 5.99. The first-order valence-corrected chi connectivity index (χ1v) is 5.38. The lowest BCUT2D eigenvalue weighted by Crippen LogP contribution is -2.14. The molecular formula is C13H10F3N3. The van der Waals surface area contributed by atoms with E-state index in [1.807, 2.05) is 0 Å². The maximum Gasteiger partial charge on any atom is 0.416 e. The first-order valence-electron chi connectivity index (χ1n) is 5.38. The molecule has 6 heteroatoms. The molecule has 1 heterocycles. The normalized spacial score (nSPS) is 12.5. The number of hydrogen-bond donors (Lipinski definition) is 1. The summed E-state index contributed by atoms with van der Waals surface area (Å²) in [6.07, 6.45) is -1.36. The Kier molecular flexibility index (Phi) is 3.50. The van der Waals surface area contributed by atoms with Crippen molar-refractivity contribution in [3.05, 3.63) is 59.9 Å². The lowest BCUT2D eigenvalue weighted by molar-refractivity contribution is -0.137. The van der Waals surface area contributed by atoms with E-state index in [2.05, 4.69) is 9.98 Å². The van der Waals surface area contributed by atoms with Crippen LogP contribution in [0.3, 0.4) is 0 Å². The molecule has 2 N–H and O–H groups in total. The highest BCUT2D eigenvalue weighted by Crippen LogP contribution is 2.29. The minimum absolute atomic E-state index is 0.0131. The Hall–Kier alpha value is -2.37. The highest BCUT2D eigenvalue weighted by atomic mass is 19.4. The highest BCUT2D eigenvalue weighted by Gasteiger charge is 2.30. The predicted molar refractivity (Wildman–Crippen MR) is 66.1 cm³/mol. The van der Waals surface area contributed by atoms with Gasteiger partial charge in [0.05, 0.1) is 17.4 Å². The first kappa shape index (κ1) is 13.1. The molecule has 0 amide bonds. The number of amidine groups is 1. The van der Waals surface area contributed by atoms with Gasteiger partial charge in [0.25, 0.3) is 0 Å². The molecule has 3 nitrogen and oxygen atoms in total. The summed E-state index contributed by atoms with van der Waals surface area (Å²) < 4.78 is 37.7. The molecule has 2 aromatic rings. The molecule has 19 heavy (non-hydrogen) atoms. The molecule has 0 radical (unpaired) electrons. The van der Waals surface area contributed by atoms with Crippen molar-refractivity contribution in [3.8, 4) is 0 Å². The smallest absolute Gasteiger partial charge is 0.383 e. The van der Waals surface area contributed by atoms with Crippen molar-refractivity contribution in [2.75, 3.05) is 0 Å². The summed E-state index contributed by atoms with van der Waals surface area (Å²) in [6, 6.07) is 8.05. The standard InChI is InChI=1S/C13H10F3N3/c14-13(15,16)10-4-1-3-9(7-10)12(17)19-11-5-2-6-18-8-11/h1-8H,(H2,17,19). The fourth-order valence-electron chi connectivity index (χ4n) is 1.48. The molecule has 0 aliphatic rings. The molecule has 1 aromatic heterocycles. The van der Waals surface area contributed by atoms with Gasteiger partial charge in [-0.15, -0.1) is 0 Å². The molecular weight excluding hydrogens is 255 g/mol. The zero-order valence-electron chi connectivity index (χ0n) is 9.72. The number of pyridine rings is 1. The minimum atomic E-state index is -4.40. The van der Waals surface area contributed by atoms with E-state index < -0.39 is 11.7 Å². The number of nitrogens with two attached hydrogens (primary N) is 1. The Morgan fingerprint density at radius 1 is 1.16 bits per heavy atom. The zero-order chi connectivity index (χ0) is 13.9. The second-order valence-corrected chi connectivity index (χ2v) is 3.79. The summed E-state index contributed by atoms with van der Waals surface area (Å²) in [6.45, 7) is 0. The summed E-state index contributed by atoms with van der Waals surface area (Å²) in [4.78, 5) is 7.86. The molecule has 0 bridgehead atoms. The van der Waals surface area contributed by atoms with E-state index in [-0.39, 0.29) is 11.4 Å². The number of halogens is 3. The molecule has 0 fully saturated rings. The van der Waals surface area contributed by atoms with Crippen LogP contribution in [0.5, 0.6) is 0 Å². The third-order valence-corrected chi connectivity index (χ3v) is 2.38. The molecule has 0 aliphatic carbocycles. The SMILES string of the molecule is NC(=Nc1cccnc1)c1cccc(C(F)(F)F)c1. The molecule has 0 saturated heterocycles. The average molecular weight is 265 g/mol. The molecule has 0 spiro atoms. The van der Waals surface area contributed by atoms with Crippen LogP contribution in [0.25, 0.3) is 0 Å². The maximum absolute atomic E-state index is 12.6. The summed E-state index contributed by atoms with van der Waals surface area (Å²) in [5, 5.41) is 0. The third-order valence-electron chi connectivity index (χ3n) is 2.38. The fraction of sp³-hybridized carbons (Fsp3) is 0.0769. The molecule has 98 valence electrons. The summed E-state index contributed by atoms with van der Waals surface area (Å²) in [5.74, 6) is 0.0131. The average Bonchev–Trinajstić information content (AvgIpc) is 2.39. The number of rotatable bonds is 2. The summed E-state index contributed by atoms with van der Waals surface area (Å²) >= 11 is 0. The van der Waals surface area contributed by atoms with Crippen LogP contribution in [-0.4, -0.2) is 10.8 Å². The Labute approximate surface area is 107 Å². The Balaban J connectivity index is 2.35. The van der Waals surface area contributed by atoms with E-state index >= 15 is 0 Å². The van der Waals surface area contributed by atoms with Gasteiger partial charge in [0.1, 0.15) is 5.84 Å². The quantitative estimate of drug-likeness (QED) is 0.670. The van der Waals surface area contributed by atoms with Gasteiger partial charge >= 0.3 is 6.18 Å². The molecule has 1 aromatic carbocycles. The Morgan fingerprint density at radius 2 is 1.95 bits per heavy atom. The van der Waals surface area contributed by atoms with Crippen molar-refractivity contribution in [2.24, 2.45) is 10.7 Å². The van der Waals surface area contributed by atoms with Crippen LogP contribution in [0.15, 0.2) is 53.8 Å². The Morgan fingerprint density at radius 3 is 2.58 bits per heavy atom. The second-order valence-electron chi connectivity index (χ2n) is 3.79. The fourth-order valence-corrected chi connectivity index (χ4v) is 1.48. The van der Waals surface area contributed by atoms with Gasteiger partial charge in [0.15, 0.2) is 0 Å². The number of aromatic nitrogens is 1. The van der Waals surface area contributed by atoms with Crippen LogP contribution in [0.4, 0.5) is 18.9 Å². The van der Waals surface area contributed by atoms with Crippen molar-refractivity contribution >= 4 is 11.5 Å². The van der Waals surface area contributed by atoms with Crippen LogP contribution in [0.1, 0.15) is 11.1 Å². The van der Waals surface area contributed by atoms with Gasteiger partial charge in [-0.2, -0.15) is 13.2 Å². The zero-order valence-corrected chi connectivity index (χ0v) is 9.72. The van der Waals surface area contributed by atoms with Crippen molar-refractivity contribution < 1.29 is 13.2 Å². The van der Waals surface area contributed by atoms with Crippen LogP contribution >= 0.6 is 0 Å². The van der Waals surface area contributed by atoms with E-state index in [9.17, 15) is 13.2 Å². The van der Waals surface area contributed by atoms with Gasteiger partial charge in [-0.3, -0.25) is 4.98 Å². The largest absolute Gasteiger partial charge is 0.416 e. The minimum Gasteiger partial charge on any atom is -0.383 e. The first-order chi connectivity index (χ1) is 8.97. The van der Waals surface area contributed by atoms with Gasteiger partial charge in [0, 0.05) is 11.8 Å². The van der Waals surface area contributed by atoms with Gasteiger partial charge in [0.2, 0.25) is 0 Å². The number of nitrogens with zero attached hydrogens (tertiary/aromatic N) is 2. The van der Waals surface area contributed by atoms with E-state index in [0.717, 1.165) is 12.1 Å². The molecule has 0 aliphatic heterocycles. The van der Waals surface area contributed by atoms with Crippen molar-refractivity contribution in [1.29, 1.82) is 0 Å². The number of benzene rings is 1. The molecule has 2 rings (SSSR count). The topological polar surface area (TPSA) is 51.3 Å². The van der Waals surface area contributed by atoms with Gasteiger partial charge < -0.3 is 5.73 Å². The van der Waals surface area contributed by atoms with Crippen LogP contribution in [0.2, 0.25) is 0 Å². The van der Waals surface area contributed by atoms with Gasteiger partial charge in [-0.1, -0.05) is 12.1 Å². The van der Waals surface area contributed by atoms with E-state index in [4.69, 9.17) is 5.73 Å². The monoisotopic (exact) mass is 265 g/mol. The lowest BCUT2D eigenvalue weighted by Gasteiger charge is -2.08. The summed E-state index contributed by atoms with van der Waals surface area (Å²) in [7, 11) is 0. The van der Waals surface area contributed by atoms with Crippen molar-refractivity contribution in [2.45, 2.75) is 6.18 Å². The van der Waals surface area contributed by atoms with E-state index in [1.165, 1.54) is 18.3 Å². The van der Waals surface area contributed by atoms with Crippen molar-refractivity contribution in [3.63, 3.8) is 0 Å². The number of hydrogen-bond acceptors (Lipinski definition) is 2. The molecule has 0 saturated carbocycles. The molecule has 0 atom stereocenters. The van der Waals surface area contributed by atoms with Crippen LogP contribution in [-0.2, 0) is 6.18 Å². The van der Waals surface area contributed by atoms with Crippen molar-refractivity contribution in [1.82, 2.24) is 4.98 Å². The summed E-state index contributed by atoms with van der Waals surface area (Å²) in [5.41, 5.74) is 5.64. The van der Waals surface area contributed by atoms with E-state index in [1.54, 1.807) is 18.3 Å². The molecule has 0 unspecified atom stereocenters. The maximum atomic E-state index is 12.6. The second kappa shape index (κ2) is 5.09. The number of alkyl halides is 3. The number of aliphatic imine (C=N–C) groups is 1. The van der Waals surface area contributed by atoms with Gasteiger partial charge in [-0.05, 0) is 24.3 Å². The van der Waals surface area contributed by atoms with Crippen LogP contribution in [0, 0.1) is 0 Å². The third kappa shape index (κ3) is 3.31. The van der Waals surface area contributed by atoms with Gasteiger partial charge in [-0.25, -0.2) is 4.99 Å². The Bertz CT molecular complexity index is 592. The van der Waals surface area contributed by atoms with Crippen LogP contribution < -0.4 is 5.73 Å².